The number of nitrogens with one attached hydrogen (secondary N) is 2. The molecule has 0 saturated carbocycles. The average Bonchev–Trinajstić information content (AvgIpc) is 3.73. The Bertz CT molecular complexity index is 2660. The molecule has 6 aromatic rings. The molecular formula is C40H38N10O6. The molecule has 2 N–H and O–H groups in total. The predicted octanol–water partition coefficient (Wildman–Crippen LogP) is 3.54. The van der Waals surface area contributed by atoms with Crippen LogP contribution in [-0.4, -0.2) is 78.6 Å². The molecule has 0 spiro atoms. The molecule has 16 nitrogen and oxygen atoms in total. The van der Waals surface area contributed by atoms with Gasteiger partial charge in [0.1, 0.15) is 22.7 Å². The molecule has 0 aliphatic carbocycles. The van der Waals surface area contributed by atoms with Crippen LogP contribution in [0.5, 0.6) is 0 Å². The van der Waals surface area contributed by atoms with Crippen LogP contribution >= 0.6 is 0 Å². The number of ether oxygens (including phenoxy) is 1. The Hall–Kier alpha value is -6.73. The van der Waals surface area contributed by atoms with Gasteiger partial charge in [-0.3, -0.25) is 33.8 Å². The van der Waals surface area contributed by atoms with Crippen molar-refractivity contribution >= 4 is 51.2 Å². The fourth-order valence-electron chi connectivity index (χ4n) is 7.39. The van der Waals surface area contributed by atoms with Crippen LogP contribution in [0.2, 0.25) is 0 Å². The van der Waals surface area contributed by atoms with Crippen molar-refractivity contribution in [1.29, 1.82) is 0 Å². The number of carbonyl (C=O) groups is 3. The molecule has 1 aromatic carbocycles. The monoisotopic (exact) mass is 754 g/mol. The highest BCUT2D eigenvalue weighted by Crippen LogP contribution is 2.37. The van der Waals surface area contributed by atoms with Crippen LogP contribution in [0.3, 0.4) is 0 Å². The summed E-state index contributed by atoms with van der Waals surface area (Å²) in [7, 11) is 5.51. The summed E-state index contributed by atoms with van der Waals surface area (Å²) in [5.41, 5.74) is 6.25. The van der Waals surface area contributed by atoms with Crippen molar-refractivity contribution in [3.8, 4) is 23.2 Å². The summed E-state index contributed by atoms with van der Waals surface area (Å²) in [5.74, 6) is 5.31. The van der Waals surface area contributed by atoms with E-state index in [1.165, 1.54) is 6.20 Å². The maximum Gasteiger partial charge on any atom is 0.328 e. The van der Waals surface area contributed by atoms with Crippen LogP contribution in [0.25, 0.3) is 33.4 Å². The van der Waals surface area contributed by atoms with Crippen LogP contribution in [0, 0.1) is 18.8 Å². The number of imide groups is 1. The zero-order chi connectivity index (χ0) is 39.1. The van der Waals surface area contributed by atoms with Gasteiger partial charge in [0.15, 0.2) is 11.6 Å². The number of rotatable bonds is 7. The Morgan fingerprint density at radius 3 is 2.55 bits per heavy atom. The number of nitrogens with zero attached hydrogens (tertiary/aromatic N) is 8. The van der Waals surface area contributed by atoms with E-state index >= 15 is 0 Å². The van der Waals surface area contributed by atoms with Gasteiger partial charge >= 0.3 is 5.69 Å². The summed E-state index contributed by atoms with van der Waals surface area (Å²) in [6, 6.07) is 7.52. The van der Waals surface area contributed by atoms with Crippen molar-refractivity contribution in [1.82, 2.24) is 44.7 Å². The molecule has 3 amide bonds. The Kier molecular flexibility index (Phi) is 9.60. The van der Waals surface area contributed by atoms with Gasteiger partial charge in [-0.05, 0) is 61.8 Å². The molecule has 0 bridgehead atoms. The smallest absolute Gasteiger partial charge is 0.328 e. The third kappa shape index (κ3) is 6.77. The Morgan fingerprint density at radius 2 is 1.80 bits per heavy atom. The van der Waals surface area contributed by atoms with Crippen LogP contribution in [0.4, 0.5) is 11.5 Å². The standard InChI is InChI=1S/C40H38N10O6/c1-22-35(39(53)42-12-5-6-25-18-28-32(56-25)9-13-41-36(28)26-7-8-34(51)47-38(26)52)45-20-30(46-22)29-19-44-33(21-43-29)48(2)24-16-27(23-10-14-55-15-11-23)37-31(17-24)49(3)40(54)50(37)4/h9,13,16-21,23,26H,7-8,10-12,14-15H2,1-4H3,(H,42,53)(H,47,51,52). The van der Waals surface area contributed by atoms with Crippen molar-refractivity contribution in [2.45, 2.75) is 44.4 Å². The van der Waals surface area contributed by atoms with Crippen LogP contribution in [-0.2, 0) is 28.4 Å². The molecule has 8 rings (SSSR count). The van der Waals surface area contributed by atoms with E-state index in [9.17, 15) is 19.2 Å². The zero-order valence-electron chi connectivity index (χ0n) is 31.3. The van der Waals surface area contributed by atoms with E-state index in [0.29, 0.717) is 65.0 Å². The van der Waals surface area contributed by atoms with Gasteiger partial charge in [-0.25, -0.2) is 24.7 Å². The number of fused-ring (bicyclic) bond motifs is 2. The van der Waals surface area contributed by atoms with E-state index < -0.39 is 11.8 Å². The van der Waals surface area contributed by atoms with Crippen molar-refractivity contribution in [3.63, 3.8) is 0 Å². The number of benzene rings is 1. The van der Waals surface area contributed by atoms with Gasteiger partial charge in [0.25, 0.3) is 5.91 Å². The van der Waals surface area contributed by atoms with Crippen LogP contribution in [0.1, 0.15) is 70.7 Å². The van der Waals surface area contributed by atoms with Gasteiger partial charge < -0.3 is 19.4 Å². The minimum atomic E-state index is -0.560. The van der Waals surface area contributed by atoms with Crippen LogP contribution in [0.15, 0.2) is 58.3 Å². The predicted molar refractivity (Wildman–Crippen MR) is 205 cm³/mol. The number of piperidine rings is 1. The van der Waals surface area contributed by atoms with Gasteiger partial charge in [-0.1, -0.05) is 5.92 Å². The molecule has 56 heavy (non-hydrogen) atoms. The van der Waals surface area contributed by atoms with E-state index in [1.807, 2.05) is 25.1 Å². The molecule has 1 atom stereocenters. The molecule has 2 fully saturated rings. The van der Waals surface area contributed by atoms with Gasteiger partial charge in [-0.2, -0.15) is 0 Å². The largest absolute Gasteiger partial charge is 0.448 e. The Morgan fingerprint density at radius 1 is 1.00 bits per heavy atom. The van der Waals surface area contributed by atoms with Gasteiger partial charge in [0.05, 0.1) is 53.5 Å². The highest BCUT2D eigenvalue weighted by Gasteiger charge is 2.31. The number of carbonyl (C=O) groups excluding carboxylic acids is 3. The quantitative estimate of drug-likeness (QED) is 0.178. The summed E-state index contributed by atoms with van der Waals surface area (Å²) in [5, 5.41) is 5.75. The third-order valence-corrected chi connectivity index (χ3v) is 10.4. The summed E-state index contributed by atoms with van der Waals surface area (Å²) < 4.78 is 14.9. The lowest BCUT2D eigenvalue weighted by Crippen LogP contribution is -2.39. The van der Waals surface area contributed by atoms with E-state index in [4.69, 9.17) is 9.15 Å². The summed E-state index contributed by atoms with van der Waals surface area (Å²) >= 11 is 0. The van der Waals surface area contributed by atoms with Crippen molar-refractivity contribution < 1.29 is 23.5 Å². The highest BCUT2D eigenvalue weighted by atomic mass is 16.5. The fourth-order valence-corrected chi connectivity index (χ4v) is 7.39. The molecule has 16 heteroatoms. The number of aryl methyl sites for hydroxylation is 3. The molecule has 5 aromatic heterocycles. The lowest BCUT2D eigenvalue weighted by atomic mass is 9.90. The number of hydrogen-bond donors (Lipinski definition) is 2. The van der Waals surface area contributed by atoms with Crippen molar-refractivity contribution in [2.24, 2.45) is 14.1 Å². The van der Waals surface area contributed by atoms with E-state index in [2.05, 4.69) is 53.5 Å². The van der Waals surface area contributed by atoms with Gasteiger partial charge in [-0.15, -0.1) is 0 Å². The molecular weight excluding hydrogens is 717 g/mol. The third-order valence-electron chi connectivity index (χ3n) is 10.4. The second-order valence-electron chi connectivity index (χ2n) is 13.9. The van der Waals surface area contributed by atoms with Crippen molar-refractivity contribution in [2.75, 3.05) is 31.7 Å². The SMILES string of the molecule is Cc1nc(-c2cnc(N(C)c3cc(C4CCOCC4)c4c(c3)n(C)c(=O)n4C)cn2)cnc1C(=O)NCC#Cc1cc2c(C3CCC(=O)NC3=O)nccc2o1. The first-order valence-electron chi connectivity index (χ1n) is 18.2. The molecule has 2 saturated heterocycles. The summed E-state index contributed by atoms with van der Waals surface area (Å²) in [6.07, 6.45) is 8.68. The number of pyridine rings is 1. The second-order valence-corrected chi connectivity index (χ2v) is 13.9. The minimum Gasteiger partial charge on any atom is -0.448 e. The molecule has 284 valence electrons. The number of aromatic nitrogens is 7. The molecule has 2 aliphatic rings. The normalized spacial score (nSPS) is 16.1. The first-order valence-corrected chi connectivity index (χ1v) is 18.2. The average molecular weight is 755 g/mol. The molecule has 7 heterocycles. The summed E-state index contributed by atoms with van der Waals surface area (Å²) in [4.78, 5) is 74.6. The van der Waals surface area contributed by atoms with E-state index in [0.717, 1.165) is 35.1 Å². The molecule has 0 radical (unpaired) electrons. The maximum atomic E-state index is 13.0. The minimum absolute atomic E-state index is 0.0154. The number of amides is 3. The zero-order valence-corrected chi connectivity index (χ0v) is 31.3. The van der Waals surface area contributed by atoms with Crippen molar-refractivity contribution in [3.05, 3.63) is 87.9 Å². The number of anilines is 2. The first kappa shape index (κ1) is 36.3. The van der Waals surface area contributed by atoms with Gasteiger partial charge in [0.2, 0.25) is 11.8 Å². The van der Waals surface area contributed by atoms with Gasteiger partial charge in [0, 0.05) is 64.1 Å². The number of furan rings is 1. The lowest BCUT2D eigenvalue weighted by Gasteiger charge is -2.26. The maximum absolute atomic E-state index is 13.0. The molecule has 1 unspecified atom stereocenters. The number of hydrogen-bond acceptors (Lipinski definition) is 12. The Labute approximate surface area is 320 Å². The Balaban J connectivity index is 0.938. The lowest BCUT2D eigenvalue weighted by molar-refractivity contribution is -0.134. The highest BCUT2D eigenvalue weighted by molar-refractivity contribution is 6.02. The second kappa shape index (κ2) is 14.8. The number of imidazole rings is 1. The van der Waals surface area contributed by atoms with E-state index in [-0.39, 0.29) is 42.1 Å². The topological polar surface area (TPSA) is 192 Å². The summed E-state index contributed by atoms with van der Waals surface area (Å²) in [6.45, 7) is 3.08. The van der Waals surface area contributed by atoms with E-state index in [1.54, 1.807) is 53.8 Å². The fraction of sp³-hybridized carbons (Fsp3) is 0.325. The van der Waals surface area contributed by atoms with Crippen LogP contribution < -0.4 is 21.2 Å². The molecule has 2 aliphatic heterocycles. The first-order chi connectivity index (χ1) is 27.1.